The lowest BCUT2D eigenvalue weighted by atomic mass is 10.1. The first-order chi connectivity index (χ1) is 15.2. The second-order valence-electron chi connectivity index (χ2n) is 6.93. The normalized spacial score (nSPS) is 11.0. The number of methoxy groups -OCH3 is 2. The quantitative estimate of drug-likeness (QED) is 0.550. The van der Waals surface area contributed by atoms with E-state index in [9.17, 15) is 17.6 Å². The van der Waals surface area contributed by atoms with Crippen LogP contribution in [-0.2, 0) is 16.6 Å². The minimum absolute atomic E-state index is 0.169. The average Bonchev–Trinajstić information content (AvgIpc) is 2.77. The average molecular weight is 459 g/mol. The standard InChI is InChI=1S/C23H23FN2O5S/c1-30-19-12-13-22(31-2)21(14-19)25-23(27)16-8-10-18(11-9-16)26(32(3,28)29)15-17-6-4-5-7-20(17)24/h4-14H,15H2,1-3H3,(H,25,27). The zero-order valence-corrected chi connectivity index (χ0v) is 18.6. The molecule has 7 nitrogen and oxygen atoms in total. The molecule has 3 aromatic carbocycles. The molecule has 0 fully saturated rings. The van der Waals surface area contributed by atoms with Crippen molar-refractivity contribution in [2.45, 2.75) is 6.54 Å². The highest BCUT2D eigenvalue weighted by Gasteiger charge is 2.20. The largest absolute Gasteiger partial charge is 0.497 e. The van der Waals surface area contributed by atoms with Crippen molar-refractivity contribution in [1.29, 1.82) is 0 Å². The molecule has 0 heterocycles. The van der Waals surface area contributed by atoms with Crippen molar-refractivity contribution in [3.8, 4) is 11.5 Å². The van der Waals surface area contributed by atoms with Gasteiger partial charge in [0.2, 0.25) is 10.0 Å². The van der Waals surface area contributed by atoms with Crippen molar-refractivity contribution in [1.82, 2.24) is 0 Å². The van der Waals surface area contributed by atoms with Gasteiger partial charge in [0, 0.05) is 17.2 Å². The Kier molecular flexibility index (Phi) is 6.99. The summed E-state index contributed by atoms with van der Waals surface area (Å²) in [5.74, 6) is 0.102. The predicted molar refractivity (Wildman–Crippen MR) is 121 cm³/mol. The van der Waals surface area contributed by atoms with Gasteiger partial charge in [0.05, 0.1) is 38.4 Å². The lowest BCUT2D eigenvalue weighted by Crippen LogP contribution is -2.29. The van der Waals surface area contributed by atoms with Crippen molar-refractivity contribution in [3.63, 3.8) is 0 Å². The van der Waals surface area contributed by atoms with Gasteiger partial charge in [-0.2, -0.15) is 0 Å². The number of rotatable bonds is 8. The number of hydrogen-bond donors (Lipinski definition) is 1. The van der Waals surface area contributed by atoms with Gasteiger partial charge in [0.1, 0.15) is 17.3 Å². The third-order valence-corrected chi connectivity index (χ3v) is 5.89. The fraction of sp³-hybridized carbons (Fsp3) is 0.174. The van der Waals surface area contributed by atoms with Crippen LogP contribution in [0.15, 0.2) is 66.7 Å². The van der Waals surface area contributed by atoms with Gasteiger partial charge in [0.15, 0.2) is 0 Å². The number of carbonyl (C=O) groups is 1. The van der Waals surface area contributed by atoms with Gasteiger partial charge in [-0.05, 0) is 42.5 Å². The summed E-state index contributed by atoms with van der Waals surface area (Å²) in [6.07, 6.45) is 1.05. The van der Waals surface area contributed by atoms with Gasteiger partial charge >= 0.3 is 0 Å². The molecule has 0 saturated heterocycles. The SMILES string of the molecule is COc1ccc(OC)c(NC(=O)c2ccc(N(Cc3ccccc3F)S(C)(=O)=O)cc2)c1. The Balaban J connectivity index is 1.84. The lowest BCUT2D eigenvalue weighted by molar-refractivity contribution is 0.102. The van der Waals surface area contributed by atoms with Crippen LogP contribution in [0.1, 0.15) is 15.9 Å². The predicted octanol–water partition coefficient (Wildman–Crippen LogP) is 4.06. The van der Waals surface area contributed by atoms with E-state index >= 15 is 0 Å². The van der Waals surface area contributed by atoms with Gasteiger partial charge in [-0.3, -0.25) is 9.10 Å². The smallest absolute Gasteiger partial charge is 0.255 e. The molecule has 0 aromatic heterocycles. The number of halogens is 1. The monoisotopic (exact) mass is 458 g/mol. The van der Waals surface area contributed by atoms with Crippen LogP contribution in [-0.4, -0.2) is 34.8 Å². The molecule has 0 aliphatic heterocycles. The van der Waals surface area contributed by atoms with Crippen LogP contribution in [0.25, 0.3) is 0 Å². The van der Waals surface area contributed by atoms with Crippen LogP contribution < -0.4 is 19.1 Å². The fourth-order valence-electron chi connectivity index (χ4n) is 3.07. The number of sulfonamides is 1. The van der Waals surface area contributed by atoms with E-state index in [0.717, 1.165) is 10.6 Å². The molecule has 0 bridgehead atoms. The maximum atomic E-state index is 14.1. The van der Waals surface area contributed by atoms with Gasteiger partial charge in [0.25, 0.3) is 5.91 Å². The van der Waals surface area contributed by atoms with Crippen LogP contribution in [0.3, 0.4) is 0 Å². The van der Waals surface area contributed by atoms with Crippen molar-refractivity contribution in [2.75, 3.05) is 30.1 Å². The van der Waals surface area contributed by atoms with Crippen LogP contribution in [0.2, 0.25) is 0 Å². The molecule has 1 N–H and O–H groups in total. The highest BCUT2D eigenvalue weighted by atomic mass is 32.2. The van der Waals surface area contributed by atoms with Crippen molar-refractivity contribution in [2.24, 2.45) is 0 Å². The number of carbonyl (C=O) groups excluding carboxylic acids is 1. The first-order valence-corrected chi connectivity index (χ1v) is 11.4. The molecule has 0 aliphatic carbocycles. The van der Waals surface area contributed by atoms with E-state index in [0.29, 0.717) is 28.4 Å². The number of anilines is 2. The molecule has 0 unspecified atom stereocenters. The third-order valence-electron chi connectivity index (χ3n) is 4.74. The van der Waals surface area contributed by atoms with Gasteiger partial charge in [-0.25, -0.2) is 12.8 Å². The summed E-state index contributed by atoms with van der Waals surface area (Å²) < 4.78 is 50.2. The Morgan fingerprint density at radius 3 is 2.28 bits per heavy atom. The number of ether oxygens (including phenoxy) is 2. The van der Waals surface area contributed by atoms with Gasteiger partial charge in [-0.15, -0.1) is 0 Å². The Morgan fingerprint density at radius 1 is 1.00 bits per heavy atom. The number of benzene rings is 3. The zero-order chi connectivity index (χ0) is 23.3. The van der Waals surface area contributed by atoms with E-state index in [2.05, 4.69) is 5.32 Å². The Morgan fingerprint density at radius 2 is 1.69 bits per heavy atom. The topological polar surface area (TPSA) is 84.9 Å². The molecule has 0 radical (unpaired) electrons. The van der Waals surface area contributed by atoms with Crippen molar-refractivity contribution >= 4 is 27.3 Å². The second-order valence-corrected chi connectivity index (χ2v) is 8.84. The zero-order valence-electron chi connectivity index (χ0n) is 17.8. The minimum Gasteiger partial charge on any atom is -0.497 e. The van der Waals surface area contributed by atoms with E-state index in [-0.39, 0.29) is 12.1 Å². The minimum atomic E-state index is -3.70. The third kappa shape index (κ3) is 5.36. The van der Waals surface area contributed by atoms with Crippen molar-refractivity contribution in [3.05, 3.63) is 83.7 Å². The lowest BCUT2D eigenvalue weighted by Gasteiger charge is -2.23. The summed E-state index contributed by atoms with van der Waals surface area (Å²) in [5.41, 5.74) is 1.28. The van der Waals surface area contributed by atoms with E-state index in [1.54, 1.807) is 24.3 Å². The first kappa shape index (κ1) is 23.1. The summed E-state index contributed by atoms with van der Waals surface area (Å²) in [4.78, 5) is 12.7. The van der Waals surface area contributed by atoms with E-state index in [4.69, 9.17) is 9.47 Å². The fourth-order valence-corrected chi connectivity index (χ4v) is 3.94. The maximum absolute atomic E-state index is 14.1. The summed E-state index contributed by atoms with van der Waals surface area (Å²) in [6.45, 7) is -0.169. The number of nitrogens with zero attached hydrogens (tertiary/aromatic N) is 1. The van der Waals surface area contributed by atoms with Crippen LogP contribution in [0.4, 0.5) is 15.8 Å². The van der Waals surface area contributed by atoms with E-state index < -0.39 is 21.7 Å². The highest BCUT2D eigenvalue weighted by Crippen LogP contribution is 2.29. The molecule has 168 valence electrons. The number of hydrogen-bond acceptors (Lipinski definition) is 5. The van der Waals surface area contributed by atoms with Crippen LogP contribution in [0, 0.1) is 5.82 Å². The second kappa shape index (κ2) is 9.69. The number of nitrogens with one attached hydrogen (secondary N) is 1. The molecule has 0 saturated carbocycles. The highest BCUT2D eigenvalue weighted by molar-refractivity contribution is 7.92. The summed E-state index contributed by atoms with van der Waals surface area (Å²) in [7, 11) is -0.693. The molecule has 32 heavy (non-hydrogen) atoms. The summed E-state index contributed by atoms with van der Waals surface area (Å²) in [6, 6.07) is 17.0. The van der Waals surface area contributed by atoms with Crippen LogP contribution >= 0.6 is 0 Å². The molecule has 0 aliphatic rings. The van der Waals surface area contributed by atoms with Gasteiger partial charge < -0.3 is 14.8 Å². The van der Waals surface area contributed by atoms with Gasteiger partial charge in [-0.1, -0.05) is 18.2 Å². The van der Waals surface area contributed by atoms with E-state index in [1.165, 1.54) is 56.7 Å². The Labute approximate surface area is 186 Å². The summed E-state index contributed by atoms with van der Waals surface area (Å²) >= 11 is 0. The molecule has 1 amide bonds. The Hall–Kier alpha value is -3.59. The molecule has 3 aromatic rings. The number of amides is 1. The molecule has 3 rings (SSSR count). The van der Waals surface area contributed by atoms with Crippen molar-refractivity contribution < 1.29 is 27.1 Å². The van der Waals surface area contributed by atoms with E-state index in [1.807, 2.05) is 0 Å². The summed E-state index contributed by atoms with van der Waals surface area (Å²) in [5, 5.41) is 2.75. The molecule has 0 spiro atoms. The molecule has 9 heteroatoms. The first-order valence-electron chi connectivity index (χ1n) is 9.57. The Bertz CT molecular complexity index is 1210. The van der Waals surface area contributed by atoms with Crippen LogP contribution in [0.5, 0.6) is 11.5 Å². The maximum Gasteiger partial charge on any atom is 0.255 e. The molecule has 0 atom stereocenters. The molecular weight excluding hydrogens is 435 g/mol. The molecular formula is C23H23FN2O5S.